The number of hydrogen-bond acceptors (Lipinski definition) is 1. The van der Waals surface area contributed by atoms with Crippen LogP contribution in [0, 0.1) is 11.3 Å². The van der Waals surface area contributed by atoms with Crippen LogP contribution in [0.4, 0.5) is 0 Å². The van der Waals surface area contributed by atoms with Crippen molar-refractivity contribution in [2.24, 2.45) is 11.3 Å². The van der Waals surface area contributed by atoms with Gasteiger partial charge in [-0.3, -0.25) is 0 Å². The molecule has 1 saturated heterocycles. The summed E-state index contributed by atoms with van der Waals surface area (Å²) in [5.74, 6) is 3.81. The summed E-state index contributed by atoms with van der Waals surface area (Å²) < 4.78 is 0. The summed E-state index contributed by atoms with van der Waals surface area (Å²) in [7, 11) is 2.83. The Morgan fingerprint density at radius 2 is 2.00 bits per heavy atom. The molecule has 60 valence electrons. The molecule has 0 spiro atoms. The van der Waals surface area contributed by atoms with Crippen LogP contribution < -0.4 is 0 Å². The van der Waals surface area contributed by atoms with Gasteiger partial charge in [0.1, 0.15) is 12.0 Å². The van der Waals surface area contributed by atoms with E-state index in [1.807, 2.05) is 0 Å². The number of rotatable bonds is 0. The second-order valence-corrected chi connectivity index (χ2v) is 8.55. The lowest BCUT2D eigenvalue weighted by Gasteiger charge is -2.22. The maximum Gasteiger partial charge on any atom is 0.124 e. The molecule has 0 saturated carbocycles. The van der Waals surface area contributed by atoms with Gasteiger partial charge in [0, 0.05) is 5.92 Å². The third-order valence-electron chi connectivity index (χ3n) is 2.13. The summed E-state index contributed by atoms with van der Waals surface area (Å²) in [4.78, 5) is 0. The first-order chi connectivity index (χ1) is 4.50. The molecule has 0 amide bonds. The van der Waals surface area contributed by atoms with Crippen molar-refractivity contribution in [3.05, 3.63) is 0 Å². The van der Waals surface area contributed by atoms with Gasteiger partial charge < -0.3 is 0 Å². The van der Waals surface area contributed by atoms with E-state index in [-0.39, 0.29) is 0 Å². The van der Waals surface area contributed by atoms with Crippen molar-refractivity contribution in [3.8, 4) is 0 Å². The fourth-order valence-corrected chi connectivity index (χ4v) is 5.49. The SMILES string of the molecule is C[S+]1CC(C(C)(C)C)CS1. The van der Waals surface area contributed by atoms with Gasteiger partial charge in [0.05, 0.1) is 26.5 Å². The summed E-state index contributed by atoms with van der Waals surface area (Å²) in [6.45, 7) is 7.09. The zero-order valence-electron chi connectivity index (χ0n) is 7.31. The lowest BCUT2D eigenvalue weighted by atomic mass is 9.83. The van der Waals surface area contributed by atoms with Crippen LogP contribution in [0.1, 0.15) is 20.8 Å². The van der Waals surface area contributed by atoms with Crippen molar-refractivity contribution in [2.45, 2.75) is 20.8 Å². The summed E-state index contributed by atoms with van der Waals surface area (Å²) >= 11 is 0. The molecule has 0 nitrogen and oxygen atoms in total. The maximum absolute atomic E-state index is 2.37. The molecule has 0 aromatic rings. The highest BCUT2D eigenvalue weighted by Gasteiger charge is 2.38. The topological polar surface area (TPSA) is 0 Å². The van der Waals surface area contributed by atoms with Crippen LogP contribution in [0.5, 0.6) is 0 Å². The van der Waals surface area contributed by atoms with E-state index in [9.17, 15) is 0 Å². The Morgan fingerprint density at radius 1 is 1.40 bits per heavy atom. The van der Waals surface area contributed by atoms with Crippen molar-refractivity contribution in [2.75, 3.05) is 17.8 Å². The predicted octanol–water partition coefficient (Wildman–Crippen LogP) is 2.56. The highest BCUT2D eigenvalue weighted by atomic mass is 33.1. The predicted molar refractivity (Wildman–Crippen MR) is 53.6 cm³/mol. The van der Waals surface area contributed by atoms with Gasteiger partial charge in [-0.25, -0.2) is 0 Å². The molecule has 2 unspecified atom stereocenters. The molecule has 1 aliphatic heterocycles. The monoisotopic (exact) mass is 177 g/mol. The first-order valence-electron chi connectivity index (χ1n) is 3.76. The third-order valence-corrected chi connectivity index (χ3v) is 5.97. The van der Waals surface area contributed by atoms with Gasteiger partial charge in [-0.05, 0) is 5.41 Å². The second-order valence-electron chi connectivity index (χ2n) is 4.09. The van der Waals surface area contributed by atoms with E-state index in [0.717, 1.165) is 5.92 Å². The molecular formula is C8H17S2+. The molecular weight excluding hydrogens is 160 g/mol. The lowest BCUT2D eigenvalue weighted by molar-refractivity contribution is 0.296. The summed E-state index contributed by atoms with van der Waals surface area (Å²) in [5, 5.41) is 0. The van der Waals surface area contributed by atoms with E-state index >= 15 is 0 Å². The summed E-state index contributed by atoms with van der Waals surface area (Å²) in [6.07, 6.45) is 2.37. The minimum atomic E-state index is 0.546. The molecule has 0 aromatic carbocycles. The second kappa shape index (κ2) is 2.98. The van der Waals surface area contributed by atoms with Crippen molar-refractivity contribution < 1.29 is 0 Å². The molecule has 0 aliphatic carbocycles. The van der Waals surface area contributed by atoms with Gasteiger partial charge in [0.2, 0.25) is 0 Å². The van der Waals surface area contributed by atoms with Gasteiger partial charge in [0.15, 0.2) is 0 Å². The van der Waals surface area contributed by atoms with Crippen LogP contribution in [0.15, 0.2) is 0 Å². The Kier molecular flexibility index (Phi) is 2.62. The van der Waals surface area contributed by atoms with Gasteiger partial charge in [-0.15, -0.1) is 0 Å². The molecule has 0 bridgehead atoms. The van der Waals surface area contributed by atoms with Gasteiger partial charge >= 0.3 is 0 Å². The molecule has 1 aliphatic rings. The third kappa shape index (κ3) is 2.09. The van der Waals surface area contributed by atoms with Crippen molar-refractivity contribution in [3.63, 3.8) is 0 Å². The first-order valence-corrected chi connectivity index (χ1v) is 7.06. The van der Waals surface area contributed by atoms with Crippen LogP contribution in [0.2, 0.25) is 0 Å². The average molecular weight is 177 g/mol. The standard InChI is InChI=1S/C8H17S2/c1-8(2,3)7-5-9-10(4)6-7/h7H,5-6H2,1-4H3/q+1. The minimum absolute atomic E-state index is 0.546. The van der Waals surface area contributed by atoms with E-state index < -0.39 is 0 Å². The molecule has 1 fully saturated rings. The average Bonchev–Trinajstić information content (AvgIpc) is 2.11. The Balaban J connectivity index is 2.45. The van der Waals surface area contributed by atoms with Crippen LogP contribution in [-0.2, 0) is 9.93 Å². The molecule has 1 rings (SSSR count). The Hall–Kier alpha value is 0.700. The van der Waals surface area contributed by atoms with Crippen molar-refractivity contribution >= 4 is 20.7 Å². The molecule has 1 heterocycles. The molecule has 10 heavy (non-hydrogen) atoms. The molecule has 0 aromatic heterocycles. The highest BCUT2D eigenvalue weighted by Crippen LogP contribution is 2.38. The largest absolute Gasteiger partial charge is 0.124 e. The normalized spacial score (nSPS) is 34.8. The first kappa shape index (κ1) is 8.79. The van der Waals surface area contributed by atoms with Crippen LogP contribution in [0.25, 0.3) is 0 Å². The zero-order chi connectivity index (χ0) is 7.78. The Labute approximate surface area is 70.9 Å². The molecule has 0 N–H and O–H groups in total. The summed E-state index contributed by atoms with van der Waals surface area (Å²) in [6, 6.07) is 0. The van der Waals surface area contributed by atoms with Gasteiger partial charge in [-0.1, -0.05) is 20.8 Å². The van der Waals surface area contributed by atoms with Gasteiger partial charge in [0.25, 0.3) is 0 Å². The van der Waals surface area contributed by atoms with Crippen molar-refractivity contribution in [1.82, 2.24) is 0 Å². The van der Waals surface area contributed by atoms with E-state index in [2.05, 4.69) is 37.8 Å². The summed E-state index contributed by atoms with van der Waals surface area (Å²) in [5.41, 5.74) is 0.546. The van der Waals surface area contributed by atoms with E-state index in [1.165, 1.54) is 11.5 Å². The van der Waals surface area contributed by atoms with E-state index in [1.54, 1.807) is 0 Å². The molecule has 0 radical (unpaired) electrons. The lowest BCUT2D eigenvalue weighted by Crippen LogP contribution is -2.23. The maximum atomic E-state index is 2.37. The van der Waals surface area contributed by atoms with Crippen LogP contribution >= 0.6 is 10.8 Å². The van der Waals surface area contributed by atoms with E-state index in [0.29, 0.717) is 15.3 Å². The zero-order valence-corrected chi connectivity index (χ0v) is 8.94. The van der Waals surface area contributed by atoms with Gasteiger partial charge in [-0.2, -0.15) is 0 Å². The van der Waals surface area contributed by atoms with Crippen LogP contribution in [-0.4, -0.2) is 17.8 Å². The van der Waals surface area contributed by atoms with Crippen molar-refractivity contribution in [1.29, 1.82) is 0 Å². The highest BCUT2D eigenvalue weighted by molar-refractivity contribution is 8.74. The van der Waals surface area contributed by atoms with E-state index in [4.69, 9.17) is 0 Å². The molecule has 2 heteroatoms. The Bertz CT molecular complexity index is 115. The molecule has 2 atom stereocenters. The quantitative estimate of drug-likeness (QED) is 0.405. The smallest absolute Gasteiger partial charge is 0.0597 e. The minimum Gasteiger partial charge on any atom is -0.0597 e. The fraction of sp³-hybridized carbons (Fsp3) is 1.00. The number of hydrogen-bond donors (Lipinski definition) is 0. The Morgan fingerprint density at radius 3 is 2.20 bits per heavy atom. The fourth-order valence-electron chi connectivity index (χ4n) is 1.08. The van der Waals surface area contributed by atoms with Crippen LogP contribution in [0.3, 0.4) is 0 Å².